The Kier molecular flexibility index (Phi) is 37.2. The van der Waals surface area contributed by atoms with E-state index in [0.717, 1.165) is 25.7 Å². The van der Waals surface area contributed by atoms with Gasteiger partial charge in [0.2, 0.25) is 11.8 Å². The fourth-order valence-electron chi connectivity index (χ4n) is 4.75. The van der Waals surface area contributed by atoms with Crippen molar-refractivity contribution in [1.29, 1.82) is 0 Å². The minimum atomic E-state index is -1.47. The number of carboxylic acids is 4. The summed E-state index contributed by atoms with van der Waals surface area (Å²) >= 11 is 0. The summed E-state index contributed by atoms with van der Waals surface area (Å²) in [6, 6.07) is -2.53. The molecule has 0 saturated carbocycles. The van der Waals surface area contributed by atoms with E-state index in [0.29, 0.717) is 12.8 Å². The first-order chi connectivity index (χ1) is 21.9. The summed E-state index contributed by atoms with van der Waals surface area (Å²) < 4.78 is 0. The Morgan fingerprint density at radius 1 is 0.426 bits per heavy atom. The van der Waals surface area contributed by atoms with Gasteiger partial charge in [-0.25, -0.2) is 0 Å². The molecule has 0 unspecified atom stereocenters. The smallest absolute Gasteiger partial charge is 0.220 e. The van der Waals surface area contributed by atoms with Gasteiger partial charge >= 0.3 is 0 Å². The van der Waals surface area contributed by atoms with Gasteiger partial charge in [0.15, 0.2) is 0 Å². The molecule has 47 heavy (non-hydrogen) atoms. The van der Waals surface area contributed by atoms with Crippen molar-refractivity contribution in [3.63, 3.8) is 0 Å². The average Bonchev–Trinajstić information content (AvgIpc) is 2.99. The van der Waals surface area contributed by atoms with E-state index >= 15 is 0 Å². The molecule has 270 valence electrons. The molecule has 2 amide bonds. The zero-order valence-corrected chi connectivity index (χ0v) is 31.1. The SMILES string of the molecule is CCCCCCCCCCCC(=O)N[C@@H](CCC(=O)[O-])C(=O)[O-].CCCCCCCCCCCC(=O)N[C@@H](CCC(=O)[O-])C(=O)[O-].[Ca]. The first kappa shape index (κ1) is 49.5. The number of carboxylic acid groups (broad SMARTS) is 4. The van der Waals surface area contributed by atoms with Crippen LogP contribution in [0.2, 0.25) is 0 Å². The second kappa shape index (κ2) is 35.4. The monoisotopic (exact) mass is 694 g/mol. The maximum absolute atomic E-state index is 11.6. The van der Waals surface area contributed by atoms with E-state index in [2.05, 4.69) is 24.5 Å². The predicted octanol–water partition coefficient (Wildman–Crippen LogP) is 0.963. The maximum atomic E-state index is 11.6. The Hall–Kier alpha value is -1.92. The first-order valence-corrected chi connectivity index (χ1v) is 17.3. The minimum Gasteiger partial charge on any atom is -0.550 e. The summed E-state index contributed by atoms with van der Waals surface area (Å²) in [6.07, 6.45) is 19.6. The number of unbranched alkanes of at least 4 members (excludes halogenated alkanes) is 16. The van der Waals surface area contributed by atoms with Crippen molar-refractivity contribution in [1.82, 2.24) is 10.6 Å². The standard InChI is InChI=1S/2C17H31NO5.Ca/c2*1-2-3-4-5-6-7-8-9-10-11-15(19)18-14(17(22)23)12-13-16(20)21;/h2*14H,2-13H2,1H3,(H,18,19)(H,20,21)(H,22,23);/p-4/t2*14-;/m00./s1. The number of rotatable bonds is 30. The third-order valence-corrected chi connectivity index (χ3v) is 7.53. The van der Waals surface area contributed by atoms with Crippen molar-refractivity contribution in [3.05, 3.63) is 0 Å². The van der Waals surface area contributed by atoms with Gasteiger partial charge in [0.05, 0.1) is 24.0 Å². The topological polar surface area (TPSA) is 219 Å². The maximum Gasteiger partial charge on any atom is 0.220 e. The minimum absolute atomic E-state index is 0. The Balaban J connectivity index is -0.000000807. The molecule has 0 aliphatic rings. The molecule has 12 nitrogen and oxygen atoms in total. The molecule has 0 aliphatic carbocycles. The van der Waals surface area contributed by atoms with Gasteiger partial charge in [-0.1, -0.05) is 117 Å². The molecule has 0 saturated heterocycles. The number of aliphatic carboxylic acids is 4. The van der Waals surface area contributed by atoms with E-state index in [1.54, 1.807) is 0 Å². The molecular weight excluding hydrogens is 636 g/mol. The van der Waals surface area contributed by atoms with Crippen molar-refractivity contribution in [2.75, 3.05) is 0 Å². The number of carbonyl (C=O) groups is 6. The molecule has 0 aliphatic heterocycles. The molecule has 0 heterocycles. The fraction of sp³-hybridized carbons (Fsp3) is 0.824. The third kappa shape index (κ3) is 36.8. The summed E-state index contributed by atoms with van der Waals surface area (Å²) in [7, 11) is 0. The number of nitrogens with one attached hydrogen (secondary N) is 2. The summed E-state index contributed by atoms with van der Waals surface area (Å²) in [5, 5.41) is 46.9. The third-order valence-electron chi connectivity index (χ3n) is 7.53. The van der Waals surface area contributed by atoms with Crippen LogP contribution in [0, 0.1) is 0 Å². The van der Waals surface area contributed by atoms with Gasteiger partial charge in [-0.05, 0) is 38.5 Å². The van der Waals surface area contributed by atoms with Crippen molar-refractivity contribution in [2.45, 2.75) is 180 Å². The molecule has 0 rings (SSSR count). The van der Waals surface area contributed by atoms with Crippen LogP contribution in [0.25, 0.3) is 0 Å². The van der Waals surface area contributed by atoms with Gasteiger partial charge in [-0.2, -0.15) is 0 Å². The van der Waals surface area contributed by atoms with E-state index in [9.17, 15) is 49.2 Å². The van der Waals surface area contributed by atoms with Crippen molar-refractivity contribution in [2.24, 2.45) is 0 Å². The molecule has 0 aromatic heterocycles. The van der Waals surface area contributed by atoms with Crippen LogP contribution in [0.1, 0.15) is 168 Å². The zero-order chi connectivity index (χ0) is 35.0. The Labute approximate surface area is 311 Å². The van der Waals surface area contributed by atoms with E-state index in [1.807, 2.05) is 0 Å². The van der Waals surface area contributed by atoms with E-state index in [-0.39, 0.29) is 75.2 Å². The molecule has 2 atom stereocenters. The Morgan fingerprint density at radius 3 is 0.915 bits per heavy atom. The van der Waals surface area contributed by atoms with Crippen LogP contribution in [0.3, 0.4) is 0 Å². The van der Waals surface area contributed by atoms with Crippen LogP contribution in [-0.2, 0) is 28.8 Å². The van der Waals surface area contributed by atoms with E-state index < -0.39 is 48.8 Å². The molecule has 0 bridgehead atoms. The van der Waals surface area contributed by atoms with Gasteiger partial charge in [0.1, 0.15) is 0 Å². The fourth-order valence-corrected chi connectivity index (χ4v) is 4.75. The molecule has 13 heteroatoms. The van der Waals surface area contributed by atoms with Gasteiger partial charge in [-0.15, -0.1) is 0 Å². The molecule has 0 spiro atoms. The van der Waals surface area contributed by atoms with Crippen LogP contribution in [-0.4, -0.2) is 85.5 Å². The number of hydrogen-bond donors (Lipinski definition) is 2. The van der Waals surface area contributed by atoms with Crippen LogP contribution in [0.15, 0.2) is 0 Å². The predicted molar refractivity (Wildman–Crippen MR) is 172 cm³/mol. The van der Waals surface area contributed by atoms with Crippen molar-refractivity contribution in [3.8, 4) is 0 Å². The second-order valence-electron chi connectivity index (χ2n) is 11.9. The second-order valence-corrected chi connectivity index (χ2v) is 11.9. The van der Waals surface area contributed by atoms with Crippen molar-refractivity contribution >= 4 is 73.4 Å². The molecule has 0 aromatic carbocycles. The zero-order valence-electron chi connectivity index (χ0n) is 28.9. The van der Waals surface area contributed by atoms with Crippen LogP contribution < -0.4 is 31.1 Å². The van der Waals surface area contributed by atoms with Gasteiger partial charge in [0.25, 0.3) is 0 Å². The van der Waals surface area contributed by atoms with Gasteiger partial charge in [0, 0.05) is 62.5 Å². The number of amides is 2. The molecule has 0 aromatic rings. The number of hydrogen-bond acceptors (Lipinski definition) is 10. The quantitative estimate of drug-likeness (QED) is 0.0801. The Morgan fingerprint density at radius 2 is 0.681 bits per heavy atom. The van der Waals surface area contributed by atoms with Gasteiger partial charge < -0.3 is 50.2 Å². The summed E-state index contributed by atoms with van der Waals surface area (Å²) in [4.78, 5) is 65.6. The summed E-state index contributed by atoms with van der Waals surface area (Å²) in [5.74, 6) is -6.37. The van der Waals surface area contributed by atoms with Crippen LogP contribution in [0.4, 0.5) is 0 Å². The van der Waals surface area contributed by atoms with Gasteiger partial charge in [-0.3, -0.25) is 9.59 Å². The largest absolute Gasteiger partial charge is 0.550 e. The number of carbonyl (C=O) groups excluding carboxylic acids is 6. The Bertz CT molecular complexity index is 789. The van der Waals surface area contributed by atoms with Crippen LogP contribution >= 0.6 is 0 Å². The molecule has 2 radical (unpaired) electrons. The van der Waals surface area contributed by atoms with Crippen LogP contribution in [0.5, 0.6) is 0 Å². The summed E-state index contributed by atoms with van der Waals surface area (Å²) in [6.45, 7) is 4.38. The first-order valence-electron chi connectivity index (χ1n) is 17.3. The average molecular weight is 695 g/mol. The molecular formula is C34H58CaN2O10-4. The van der Waals surface area contributed by atoms with Crippen molar-refractivity contribution < 1.29 is 49.2 Å². The summed E-state index contributed by atoms with van der Waals surface area (Å²) in [5.41, 5.74) is 0. The molecule has 0 fully saturated rings. The van der Waals surface area contributed by atoms with E-state index in [1.165, 1.54) is 77.0 Å². The normalized spacial score (nSPS) is 11.6. The van der Waals surface area contributed by atoms with E-state index in [4.69, 9.17) is 0 Å². The molecule has 2 N–H and O–H groups in total.